The van der Waals surface area contributed by atoms with Crippen LogP contribution in [0.4, 0.5) is 0 Å². The molecular weight excluding hydrogens is 262 g/mol. The molecule has 2 amide bonds. The minimum absolute atomic E-state index is 0.385. The van der Waals surface area contributed by atoms with Gasteiger partial charge in [0.15, 0.2) is 0 Å². The third-order valence-electron chi connectivity index (χ3n) is 2.52. The van der Waals surface area contributed by atoms with Gasteiger partial charge in [-0.05, 0) is 12.0 Å². The highest BCUT2D eigenvalue weighted by molar-refractivity contribution is 6.35. The number of aliphatic carboxylic acids is 1. The lowest BCUT2D eigenvalue weighted by molar-refractivity contribution is -0.140. The molecule has 0 saturated carbocycles. The van der Waals surface area contributed by atoms with Crippen molar-refractivity contribution in [3.63, 3.8) is 0 Å². The summed E-state index contributed by atoms with van der Waals surface area (Å²) in [7, 11) is 0. The summed E-state index contributed by atoms with van der Waals surface area (Å²) >= 11 is 0. The molecule has 1 atom stereocenters. The molecule has 0 spiro atoms. The number of carboxylic acids is 1. The fourth-order valence-corrected chi connectivity index (χ4v) is 1.47. The number of benzene rings is 1. The Kier molecular flexibility index (Phi) is 6.18. The lowest BCUT2D eigenvalue weighted by Crippen LogP contribution is -2.49. The molecule has 108 valence electrons. The quantitative estimate of drug-likeness (QED) is 0.522. The van der Waals surface area contributed by atoms with Crippen molar-refractivity contribution in [2.75, 3.05) is 13.1 Å². The van der Waals surface area contributed by atoms with Gasteiger partial charge in [-0.25, -0.2) is 0 Å². The Labute approximate surface area is 116 Å². The van der Waals surface area contributed by atoms with E-state index in [4.69, 9.17) is 10.8 Å². The Morgan fingerprint density at radius 1 is 1.15 bits per heavy atom. The van der Waals surface area contributed by atoms with Gasteiger partial charge in [0.2, 0.25) is 0 Å². The molecule has 1 saturated heterocycles. The van der Waals surface area contributed by atoms with Crippen molar-refractivity contribution in [2.45, 2.75) is 12.5 Å². The summed E-state index contributed by atoms with van der Waals surface area (Å²) in [6.45, 7) is 1.09. The van der Waals surface area contributed by atoms with Crippen LogP contribution in [0.3, 0.4) is 0 Å². The summed E-state index contributed by atoms with van der Waals surface area (Å²) in [5, 5.41) is 13.3. The van der Waals surface area contributed by atoms with Gasteiger partial charge < -0.3 is 21.5 Å². The number of nitrogens with one attached hydrogen (secondary N) is 2. The van der Waals surface area contributed by atoms with Crippen molar-refractivity contribution in [3.05, 3.63) is 35.9 Å². The average Bonchev–Trinajstić information content (AvgIpc) is 2.44. The Balaban J connectivity index is 0.000000217. The number of hydrogen-bond donors (Lipinski definition) is 4. The van der Waals surface area contributed by atoms with Gasteiger partial charge in [-0.1, -0.05) is 30.3 Å². The zero-order chi connectivity index (χ0) is 15.0. The molecule has 1 aliphatic heterocycles. The molecule has 7 heteroatoms. The molecule has 5 N–H and O–H groups in total. The van der Waals surface area contributed by atoms with Crippen LogP contribution >= 0.6 is 0 Å². The smallest absolute Gasteiger partial charge is 0.320 e. The third-order valence-corrected chi connectivity index (χ3v) is 2.52. The molecule has 0 radical (unpaired) electrons. The zero-order valence-electron chi connectivity index (χ0n) is 10.8. The second-order valence-corrected chi connectivity index (χ2v) is 4.15. The molecular formula is C13H17N3O4. The Bertz CT molecular complexity index is 460. The van der Waals surface area contributed by atoms with E-state index in [1.54, 1.807) is 0 Å². The van der Waals surface area contributed by atoms with Crippen molar-refractivity contribution in [1.82, 2.24) is 10.6 Å². The first-order valence-corrected chi connectivity index (χ1v) is 6.09. The second-order valence-electron chi connectivity index (χ2n) is 4.15. The molecule has 1 fully saturated rings. The monoisotopic (exact) mass is 279 g/mol. The van der Waals surface area contributed by atoms with E-state index in [1.165, 1.54) is 0 Å². The highest BCUT2D eigenvalue weighted by Crippen LogP contribution is 2.01. The fourth-order valence-electron chi connectivity index (χ4n) is 1.47. The molecule has 0 unspecified atom stereocenters. The maximum absolute atomic E-state index is 10.4. The van der Waals surface area contributed by atoms with E-state index in [0.29, 0.717) is 19.5 Å². The van der Waals surface area contributed by atoms with Gasteiger partial charge >= 0.3 is 17.8 Å². The molecule has 1 aliphatic rings. The Hall–Kier alpha value is -2.41. The van der Waals surface area contributed by atoms with Crippen molar-refractivity contribution in [3.8, 4) is 0 Å². The van der Waals surface area contributed by atoms with Crippen LogP contribution in [-0.2, 0) is 20.8 Å². The van der Waals surface area contributed by atoms with Crippen LogP contribution in [0, 0.1) is 0 Å². The first-order chi connectivity index (χ1) is 9.50. The molecule has 1 aromatic rings. The largest absolute Gasteiger partial charge is 0.480 e. The van der Waals surface area contributed by atoms with E-state index in [1.807, 2.05) is 30.3 Å². The van der Waals surface area contributed by atoms with E-state index < -0.39 is 23.8 Å². The molecule has 0 aliphatic carbocycles. The molecule has 7 nitrogen and oxygen atoms in total. The van der Waals surface area contributed by atoms with E-state index >= 15 is 0 Å². The van der Waals surface area contributed by atoms with Crippen LogP contribution in [-0.4, -0.2) is 42.0 Å². The zero-order valence-corrected chi connectivity index (χ0v) is 10.8. The molecule has 0 bridgehead atoms. The van der Waals surface area contributed by atoms with E-state index in [0.717, 1.165) is 5.56 Å². The normalized spacial score (nSPS) is 15.2. The van der Waals surface area contributed by atoms with Crippen LogP contribution < -0.4 is 16.4 Å². The summed E-state index contributed by atoms with van der Waals surface area (Å²) in [5.74, 6) is -2.02. The first kappa shape index (κ1) is 15.6. The molecule has 20 heavy (non-hydrogen) atoms. The number of rotatable bonds is 3. The lowest BCUT2D eigenvalue weighted by atomic mass is 10.1. The number of hydrogen-bond acceptors (Lipinski definition) is 4. The van der Waals surface area contributed by atoms with Crippen LogP contribution in [0.25, 0.3) is 0 Å². The van der Waals surface area contributed by atoms with E-state index in [2.05, 4.69) is 10.6 Å². The van der Waals surface area contributed by atoms with Crippen molar-refractivity contribution in [1.29, 1.82) is 0 Å². The highest BCUT2D eigenvalue weighted by atomic mass is 16.4. The van der Waals surface area contributed by atoms with Gasteiger partial charge in [0, 0.05) is 13.1 Å². The van der Waals surface area contributed by atoms with Gasteiger partial charge in [-0.2, -0.15) is 0 Å². The summed E-state index contributed by atoms with van der Waals surface area (Å²) in [5.41, 5.74) is 6.30. The summed E-state index contributed by atoms with van der Waals surface area (Å²) < 4.78 is 0. The van der Waals surface area contributed by atoms with Gasteiger partial charge in [0.05, 0.1) is 0 Å². The van der Waals surface area contributed by atoms with Crippen molar-refractivity contribution >= 4 is 17.8 Å². The standard InChI is InChI=1S/C9H11NO2.C4H6N2O2/c10-8(9(11)12)6-7-4-2-1-3-5-7;7-3-4(8)6-2-1-5-3/h1-5,8H,6,10H2,(H,11,12);1-2H2,(H,5,7)(H,6,8)/t8-;/m0./s1. The number of amides is 2. The van der Waals surface area contributed by atoms with Crippen molar-refractivity contribution < 1.29 is 19.5 Å². The van der Waals surface area contributed by atoms with Crippen LogP contribution in [0.2, 0.25) is 0 Å². The SMILES string of the molecule is N[C@@H](Cc1ccccc1)C(=O)O.O=C1NCCNC1=O. The van der Waals surface area contributed by atoms with Crippen LogP contribution in [0.5, 0.6) is 0 Å². The predicted molar refractivity (Wildman–Crippen MR) is 71.8 cm³/mol. The predicted octanol–water partition coefficient (Wildman–Crippen LogP) is -1.13. The summed E-state index contributed by atoms with van der Waals surface area (Å²) in [6, 6.07) is 8.54. The van der Waals surface area contributed by atoms with Crippen molar-refractivity contribution in [2.24, 2.45) is 5.73 Å². The van der Waals surface area contributed by atoms with Crippen LogP contribution in [0.1, 0.15) is 5.56 Å². The minimum Gasteiger partial charge on any atom is -0.480 e. The summed E-state index contributed by atoms with van der Waals surface area (Å²) in [6.07, 6.45) is 0.385. The first-order valence-electron chi connectivity index (χ1n) is 6.09. The molecule has 1 aromatic carbocycles. The van der Waals surface area contributed by atoms with Gasteiger partial charge in [0.25, 0.3) is 0 Å². The topological polar surface area (TPSA) is 122 Å². The molecule has 2 rings (SSSR count). The molecule has 0 aromatic heterocycles. The summed E-state index contributed by atoms with van der Waals surface area (Å²) in [4.78, 5) is 30.9. The number of nitrogens with two attached hydrogens (primary N) is 1. The minimum atomic E-state index is -0.959. The maximum atomic E-state index is 10.4. The number of piperazine rings is 1. The number of carboxylic acid groups (broad SMARTS) is 1. The van der Waals surface area contributed by atoms with E-state index in [-0.39, 0.29) is 0 Å². The molecule has 1 heterocycles. The van der Waals surface area contributed by atoms with Gasteiger partial charge in [-0.3, -0.25) is 14.4 Å². The Morgan fingerprint density at radius 3 is 2.05 bits per heavy atom. The average molecular weight is 279 g/mol. The number of carbonyl (C=O) groups is 3. The van der Waals surface area contributed by atoms with E-state index in [9.17, 15) is 14.4 Å². The fraction of sp³-hybridized carbons (Fsp3) is 0.308. The maximum Gasteiger partial charge on any atom is 0.320 e. The Morgan fingerprint density at radius 2 is 1.65 bits per heavy atom. The highest BCUT2D eigenvalue weighted by Gasteiger charge is 2.15. The third kappa shape index (κ3) is 5.49. The second kappa shape index (κ2) is 7.90. The van der Waals surface area contributed by atoms with Gasteiger partial charge in [-0.15, -0.1) is 0 Å². The lowest BCUT2D eigenvalue weighted by Gasteiger charge is -2.10. The van der Waals surface area contributed by atoms with Gasteiger partial charge in [0.1, 0.15) is 6.04 Å². The van der Waals surface area contributed by atoms with Crippen LogP contribution in [0.15, 0.2) is 30.3 Å². The number of carbonyl (C=O) groups excluding carboxylic acids is 2.